The number of carbonyl (C=O) groups is 1. The van der Waals surface area contributed by atoms with Gasteiger partial charge in [-0.25, -0.2) is 8.42 Å². The molecule has 1 saturated heterocycles. The van der Waals surface area contributed by atoms with E-state index in [0.29, 0.717) is 24.3 Å². The number of anilines is 1. The molecule has 0 aromatic heterocycles. The first kappa shape index (κ1) is 19.4. The summed E-state index contributed by atoms with van der Waals surface area (Å²) in [6.45, 7) is 5.66. The van der Waals surface area contributed by atoms with Gasteiger partial charge in [-0.3, -0.25) is 14.4 Å². The summed E-state index contributed by atoms with van der Waals surface area (Å²) in [5.74, 6) is -0.0640. The van der Waals surface area contributed by atoms with Gasteiger partial charge in [0.25, 0.3) is 5.91 Å². The zero-order valence-corrected chi connectivity index (χ0v) is 16.5. The van der Waals surface area contributed by atoms with Gasteiger partial charge in [0, 0.05) is 38.3 Å². The Morgan fingerprint density at radius 1 is 1.04 bits per heavy atom. The van der Waals surface area contributed by atoms with Gasteiger partial charge in [0.05, 0.1) is 11.9 Å². The van der Waals surface area contributed by atoms with Crippen LogP contribution < -0.4 is 4.72 Å². The molecule has 2 aromatic rings. The topological polar surface area (TPSA) is 69.7 Å². The van der Waals surface area contributed by atoms with Crippen LogP contribution in [0.15, 0.2) is 48.5 Å². The SMILES string of the molecule is Cc1ccc(C(=O)N2CCN(Cc3ccccc3)CC2)cc1NS(C)(=O)=O. The molecule has 3 rings (SSSR count). The summed E-state index contributed by atoms with van der Waals surface area (Å²) in [7, 11) is -3.39. The summed E-state index contributed by atoms with van der Waals surface area (Å²) in [5.41, 5.74) is 3.01. The summed E-state index contributed by atoms with van der Waals surface area (Å²) in [6.07, 6.45) is 1.10. The fourth-order valence-electron chi connectivity index (χ4n) is 3.20. The largest absolute Gasteiger partial charge is 0.336 e. The summed E-state index contributed by atoms with van der Waals surface area (Å²) in [4.78, 5) is 17.0. The highest BCUT2D eigenvalue weighted by atomic mass is 32.2. The van der Waals surface area contributed by atoms with E-state index < -0.39 is 10.0 Å². The molecule has 27 heavy (non-hydrogen) atoms. The van der Waals surface area contributed by atoms with Crippen molar-refractivity contribution in [2.24, 2.45) is 0 Å². The lowest BCUT2D eigenvalue weighted by Crippen LogP contribution is -2.48. The molecule has 144 valence electrons. The summed E-state index contributed by atoms with van der Waals surface area (Å²) < 4.78 is 25.5. The van der Waals surface area contributed by atoms with Crippen LogP contribution in [0.25, 0.3) is 0 Å². The summed E-state index contributed by atoms with van der Waals surface area (Å²) in [6, 6.07) is 15.4. The number of nitrogens with zero attached hydrogens (tertiary/aromatic N) is 2. The molecule has 1 fully saturated rings. The standard InChI is InChI=1S/C20H25N3O3S/c1-16-8-9-18(14-19(16)21-27(2,25)26)20(24)23-12-10-22(11-13-23)15-17-6-4-3-5-7-17/h3-9,14,21H,10-13,15H2,1-2H3. The van der Waals surface area contributed by atoms with Crippen LogP contribution in [0.4, 0.5) is 5.69 Å². The lowest BCUT2D eigenvalue weighted by molar-refractivity contribution is 0.0628. The Labute approximate surface area is 160 Å². The van der Waals surface area contributed by atoms with Crippen LogP contribution in [0.1, 0.15) is 21.5 Å². The minimum Gasteiger partial charge on any atom is -0.336 e. The quantitative estimate of drug-likeness (QED) is 0.855. The number of hydrogen-bond acceptors (Lipinski definition) is 4. The lowest BCUT2D eigenvalue weighted by Gasteiger charge is -2.35. The first-order valence-corrected chi connectivity index (χ1v) is 10.8. The maximum Gasteiger partial charge on any atom is 0.254 e. The normalized spacial score (nSPS) is 15.6. The number of benzene rings is 2. The zero-order chi connectivity index (χ0) is 19.4. The predicted molar refractivity (Wildman–Crippen MR) is 107 cm³/mol. The van der Waals surface area contributed by atoms with E-state index >= 15 is 0 Å². The fraction of sp³-hybridized carbons (Fsp3) is 0.350. The third kappa shape index (κ3) is 5.30. The Hall–Kier alpha value is -2.38. The molecule has 1 heterocycles. The summed E-state index contributed by atoms with van der Waals surface area (Å²) >= 11 is 0. The number of hydrogen-bond donors (Lipinski definition) is 1. The van der Waals surface area contributed by atoms with Crippen LogP contribution in [-0.2, 0) is 16.6 Å². The van der Waals surface area contributed by atoms with E-state index in [1.807, 2.05) is 30.0 Å². The molecule has 0 atom stereocenters. The highest BCUT2D eigenvalue weighted by Crippen LogP contribution is 2.20. The van der Waals surface area contributed by atoms with Gasteiger partial charge in [-0.1, -0.05) is 36.4 Å². The van der Waals surface area contributed by atoms with E-state index in [1.54, 1.807) is 18.2 Å². The van der Waals surface area contributed by atoms with Gasteiger partial charge in [0.2, 0.25) is 10.0 Å². The highest BCUT2D eigenvalue weighted by Gasteiger charge is 2.22. The molecule has 2 aromatic carbocycles. The van der Waals surface area contributed by atoms with Crippen molar-refractivity contribution in [1.82, 2.24) is 9.80 Å². The highest BCUT2D eigenvalue weighted by molar-refractivity contribution is 7.92. The Balaban J connectivity index is 1.63. The van der Waals surface area contributed by atoms with E-state index in [-0.39, 0.29) is 5.91 Å². The molecule has 0 spiro atoms. The Morgan fingerprint density at radius 3 is 2.33 bits per heavy atom. The van der Waals surface area contributed by atoms with Crippen molar-refractivity contribution in [2.75, 3.05) is 37.2 Å². The first-order valence-electron chi connectivity index (χ1n) is 8.96. The summed E-state index contributed by atoms with van der Waals surface area (Å²) in [5, 5.41) is 0. The zero-order valence-electron chi connectivity index (χ0n) is 15.7. The smallest absolute Gasteiger partial charge is 0.254 e. The molecule has 7 heteroatoms. The van der Waals surface area contributed by atoms with Gasteiger partial charge >= 0.3 is 0 Å². The second kappa shape index (κ2) is 8.10. The van der Waals surface area contributed by atoms with E-state index in [0.717, 1.165) is 31.5 Å². The number of aryl methyl sites for hydroxylation is 1. The molecular weight excluding hydrogens is 362 g/mol. The molecule has 0 bridgehead atoms. The van der Waals surface area contributed by atoms with Crippen molar-refractivity contribution < 1.29 is 13.2 Å². The second-order valence-electron chi connectivity index (χ2n) is 6.96. The minimum atomic E-state index is -3.39. The van der Waals surface area contributed by atoms with Gasteiger partial charge in [0.15, 0.2) is 0 Å². The van der Waals surface area contributed by atoms with Crippen molar-refractivity contribution in [3.8, 4) is 0 Å². The van der Waals surface area contributed by atoms with Crippen molar-refractivity contribution >= 4 is 21.6 Å². The average molecular weight is 388 g/mol. The van der Waals surface area contributed by atoms with Gasteiger partial charge in [-0.15, -0.1) is 0 Å². The fourth-order valence-corrected chi connectivity index (χ4v) is 3.82. The molecule has 0 aliphatic carbocycles. The van der Waals surface area contributed by atoms with Crippen molar-refractivity contribution in [2.45, 2.75) is 13.5 Å². The average Bonchev–Trinajstić information content (AvgIpc) is 2.63. The molecule has 1 aliphatic heterocycles. The Bertz CT molecular complexity index is 905. The number of sulfonamides is 1. The molecule has 1 N–H and O–H groups in total. The first-order chi connectivity index (χ1) is 12.8. The number of piperazine rings is 1. The minimum absolute atomic E-state index is 0.0640. The van der Waals surface area contributed by atoms with Crippen molar-refractivity contribution in [1.29, 1.82) is 0 Å². The van der Waals surface area contributed by atoms with Crippen LogP contribution in [0.2, 0.25) is 0 Å². The van der Waals surface area contributed by atoms with Crippen molar-refractivity contribution in [3.63, 3.8) is 0 Å². The lowest BCUT2D eigenvalue weighted by atomic mass is 10.1. The molecule has 0 radical (unpaired) electrons. The van der Waals surface area contributed by atoms with E-state index in [2.05, 4.69) is 21.8 Å². The van der Waals surface area contributed by atoms with Gasteiger partial charge in [-0.2, -0.15) is 0 Å². The van der Waals surface area contributed by atoms with Crippen LogP contribution in [0, 0.1) is 6.92 Å². The number of rotatable bonds is 5. The Morgan fingerprint density at radius 2 is 1.70 bits per heavy atom. The van der Waals surface area contributed by atoms with Crippen LogP contribution in [0.3, 0.4) is 0 Å². The van der Waals surface area contributed by atoms with Gasteiger partial charge in [0.1, 0.15) is 0 Å². The third-order valence-electron chi connectivity index (χ3n) is 4.69. The molecule has 6 nitrogen and oxygen atoms in total. The van der Waals surface area contributed by atoms with Gasteiger partial charge in [-0.05, 0) is 30.2 Å². The van der Waals surface area contributed by atoms with Crippen LogP contribution >= 0.6 is 0 Å². The molecule has 1 amide bonds. The predicted octanol–water partition coefficient (Wildman–Crippen LogP) is 2.32. The van der Waals surface area contributed by atoms with Crippen LogP contribution in [-0.4, -0.2) is 56.6 Å². The maximum absolute atomic E-state index is 12.8. The third-order valence-corrected chi connectivity index (χ3v) is 5.28. The molecule has 0 unspecified atom stereocenters. The monoisotopic (exact) mass is 387 g/mol. The van der Waals surface area contributed by atoms with Crippen molar-refractivity contribution in [3.05, 3.63) is 65.2 Å². The van der Waals surface area contributed by atoms with E-state index in [9.17, 15) is 13.2 Å². The molecular formula is C20H25N3O3S. The van der Waals surface area contributed by atoms with Gasteiger partial charge < -0.3 is 4.90 Å². The Kier molecular flexibility index (Phi) is 5.82. The maximum atomic E-state index is 12.8. The number of nitrogens with one attached hydrogen (secondary N) is 1. The van der Waals surface area contributed by atoms with Crippen LogP contribution in [0.5, 0.6) is 0 Å². The van der Waals surface area contributed by atoms with E-state index in [4.69, 9.17) is 0 Å². The second-order valence-corrected chi connectivity index (χ2v) is 8.71. The molecule has 1 aliphatic rings. The van der Waals surface area contributed by atoms with E-state index in [1.165, 1.54) is 5.56 Å². The number of amides is 1. The molecule has 0 saturated carbocycles. The number of carbonyl (C=O) groups excluding carboxylic acids is 1.